The number of fused-ring (bicyclic) bond motifs is 1. The monoisotopic (exact) mass is 329 g/mol. The normalized spacial score (nSPS) is 26.6. The Morgan fingerprint density at radius 1 is 1.26 bits per heavy atom. The van der Waals surface area contributed by atoms with Crippen LogP contribution in [0.15, 0.2) is 46.7 Å². The number of nitrogens with one attached hydrogen (secondary N) is 2. The zero-order valence-electron chi connectivity index (χ0n) is 12.9. The summed E-state index contributed by atoms with van der Waals surface area (Å²) in [7, 11) is 0. The minimum absolute atomic E-state index is 0.126. The van der Waals surface area contributed by atoms with Gasteiger partial charge in [0.2, 0.25) is 0 Å². The lowest BCUT2D eigenvalue weighted by atomic mass is 10.1. The molecule has 5 nitrogen and oxygen atoms in total. The Hall–Kier alpha value is -1.85. The number of aliphatic imine (C=N–C) groups is 2. The highest BCUT2D eigenvalue weighted by Crippen LogP contribution is 2.27. The van der Waals surface area contributed by atoms with Crippen molar-refractivity contribution in [3.8, 4) is 0 Å². The zero-order chi connectivity index (χ0) is 15.6. The Labute approximate surface area is 141 Å². The first-order valence-electron chi connectivity index (χ1n) is 8.11. The molecule has 1 aromatic rings. The van der Waals surface area contributed by atoms with Crippen LogP contribution in [0.2, 0.25) is 5.02 Å². The van der Waals surface area contributed by atoms with E-state index in [1.54, 1.807) is 0 Å². The topological polar surface area (TPSA) is 52.0 Å². The number of benzene rings is 1. The Balaban J connectivity index is 1.53. The van der Waals surface area contributed by atoms with Crippen LogP contribution in [-0.4, -0.2) is 42.2 Å². The van der Waals surface area contributed by atoms with Crippen LogP contribution in [0, 0.1) is 0 Å². The van der Waals surface area contributed by atoms with Crippen LogP contribution >= 0.6 is 11.6 Å². The first-order chi connectivity index (χ1) is 11.3. The van der Waals surface area contributed by atoms with Crippen LogP contribution in [0.4, 0.5) is 0 Å². The van der Waals surface area contributed by atoms with Gasteiger partial charge in [0.15, 0.2) is 11.7 Å². The van der Waals surface area contributed by atoms with Gasteiger partial charge in [-0.1, -0.05) is 23.7 Å². The van der Waals surface area contributed by atoms with Gasteiger partial charge in [-0.2, -0.15) is 0 Å². The molecule has 0 bridgehead atoms. The molecular formula is C17H20ClN5. The lowest BCUT2D eigenvalue weighted by Crippen LogP contribution is -2.50. The summed E-state index contributed by atoms with van der Waals surface area (Å²) in [5.74, 6) is 1.83. The van der Waals surface area contributed by atoms with E-state index in [0.717, 1.165) is 36.3 Å². The first-order valence-corrected chi connectivity index (χ1v) is 8.49. The predicted octanol–water partition coefficient (Wildman–Crippen LogP) is 2.32. The van der Waals surface area contributed by atoms with E-state index in [-0.39, 0.29) is 6.04 Å². The average molecular weight is 330 g/mol. The standard InChI is InChI=1S/C17H20ClN5/c18-13-5-3-12(4-6-13)15-11-23-9-8-20-16(17(23)22-15)21-14-2-1-7-19-10-14/h3-6,8-9,14-15,19H,1-2,7,10-11H2,(H,20,21)/t14-,15?/m0/s1. The van der Waals surface area contributed by atoms with E-state index in [4.69, 9.17) is 16.6 Å². The highest BCUT2D eigenvalue weighted by Gasteiger charge is 2.30. The molecule has 120 valence electrons. The quantitative estimate of drug-likeness (QED) is 0.875. The molecule has 0 aromatic heterocycles. The van der Waals surface area contributed by atoms with Gasteiger partial charge >= 0.3 is 0 Å². The third-order valence-electron chi connectivity index (χ3n) is 4.47. The summed E-state index contributed by atoms with van der Waals surface area (Å²) >= 11 is 5.98. The maximum Gasteiger partial charge on any atom is 0.171 e. The van der Waals surface area contributed by atoms with E-state index in [1.165, 1.54) is 18.4 Å². The summed E-state index contributed by atoms with van der Waals surface area (Å²) in [6.45, 7) is 2.93. The lowest BCUT2D eigenvalue weighted by Gasteiger charge is -2.28. The van der Waals surface area contributed by atoms with Gasteiger partial charge in [0.25, 0.3) is 0 Å². The average Bonchev–Trinajstić information content (AvgIpc) is 3.02. The van der Waals surface area contributed by atoms with Crippen LogP contribution in [-0.2, 0) is 0 Å². The van der Waals surface area contributed by atoms with E-state index in [0.29, 0.717) is 6.04 Å². The summed E-state index contributed by atoms with van der Waals surface area (Å²) in [6.07, 6.45) is 6.22. The number of hydrogen-bond acceptors (Lipinski definition) is 5. The van der Waals surface area contributed by atoms with Crippen LogP contribution in [0.3, 0.4) is 0 Å². The van der Waals surface area contributed by atoms with Crippen molar-refractivity contribution in [2.24, 2.45) is 9.98 Å². The number of amidine groups is 2. The van der Waals surface area contributed by atoms with Crippen molar-refractivity contribution >= 4 is 23.3 Å². The van der Waals surface area contributed by atoms with Gasteiger partial charge in [-0.15, -0.1) is 0 Å². The number of halogens is 1. The van der Waals surface area contributed by atoms with Crippen molar-refractivity contribution < 1.29 is 0 Å². The van der Waals surface area contributed by atoms with Gasteiger partial charge in [-0.25, -0.2) is 4.99 Å². The molecule has 0 saturated carbocycles. The molecule has 0 radical (unpaired) electrons. The molecule has 3 aliphatic rings. The van der Waals surface area contributed by atoms with Crippen LogP contribution in [0.5, 0.6) is 0 Å². The molecule has 3 aliphatic heterocycles. The van der Waals surface area contributed by atoms with E-state index >= 15 is 0 Å². The van der Waals surface area contributed by atoms with Crippen molar-refractivity contribution in [3.05, 3.63) is 47.3 Å². The fraction of sp³-hybridized carbons (Fsp3) is 0.412. The van der Waals surface area contributed by atoms with Crippen molar-refractivity contribution in [3.63, 3.8) is 0 Å². The third-order valence-corrected chi connectivity index (χ3v) is 4.73. The largest absolute Gasteiger partial charge is 0.363 e. The molecule has 1 fully saturated rings. The van der Waals surface area contributed by atoms with Gasteiger partial charge in [-0.3, -0.25) is 4.99 Å². The van der Waals surface area contributed by atoms with Gasteiger partial charge in [0, 0.05) is 30.0 Å². The molecule has 0 aliphatic carbocycles. The van der Waals surface area contributed by atoms with Crippen molar-refractivity contribution in [2.75, 3.05) is 19.6 Å². The van der Waals surface area contributed by atoms with Crippen molar-refractivity contribution in [1.29, 1.82) is 0 Å². The number of nitrogens with zero attached hydrogens (tertiary/aromatic N) is 3. The second-order valence-corrected chi connectivity index (χ2v) is 6.57. The predicted molar refractivity (Wildman–Crippen MR) is 93.9 cm³/mol. The SMILES string of the molecule is Clc1ccc(C2CN3C=CN=C(N[C@H]4CCCNC4)C3=N2)cc1. The maximum absolute atomic E-state index is 5.98. The summed E-state index contributed by atoms with van der Waals surface area (Å²) in [6, 6.07) is 8.49. The minimum Gasteiger partial charge on any atom is -0.363 e. The first kappa shape index (κ1) is 14.7. The summed E-state index contributed by atoms with van der Waals surface area (Å²) in [5.41, 5.74) is 1.18. The van der Waals surface area contributed by atoms with Gasteiger partial charge in [0.05, 0.1) is 12.6 Å². The Morgan fingerprint density at radius 2 is 2.13 bits per heavy atom. The Kier molecular flexibility index (Phi) is 4.06. The molecule has 23 heavy (non-hydrogen) atoms. The molecule has 0 amide bonds. The summed E-state index contributed by atoms with van der Waals surface area (Å²) < 4.78 is 0. The van der Waals surface area contributed by atoms with Crippen molar-refractivity contribution in [2.45, 2.75) is 24.9 Å². The summed E-state index contributed by atoms with van der Waals surface area (Å²) in [5, 5.41) is 7.73. The maximum atomic E-state index is 5.98. The van der Waals surface area contributed by atoms with Gasteiger partial charge in [-0.05, 0) is 37.1 Å². The van der Waals surface area contributed by atoms with Gasteiger partial charge in [0.1, 0.15) is 0 Å². The molecular weight excluding hydrogens is 310 g/mol. The molecule has 0 spiro atoms. The zero-order valence-corrected chi connectivity index (χ0v) is 13.6. The van der Waals surface area contributed by atoms with E-state index in [2.05, 4.69) is 32.7 Å². The fourth-order valence-corrected chi connectivity index (χ4v) is 3.37. The molecule has 1 aromatic carbocycles. The lowest BCUT2D eigenvalue weighted by molar-refractivity contribution is 0.431. The number of hydrogen-bond donors (Lipinski definition) is 2. The van der Waals surface area contributed by atoms with Gasteiger partial charge < -0.3 is 15.5 Å². The van der Waals surface area contributed by atoms with Crippen LogP contribution in [0.25, 0.3) is 0 Å². The Morgan fingerprint density at radius 3 is 2.91 bits per heavy atom. The molecule has 4 rings (SSSR count). The second kappa shape index (κ2) is 6.34. The van der Waals surface area contributed by atoms with E-state index < -0.39 is 0 Å². The smallest absolute Gasteiger partial charge is 0.171 e. The second-order valence-electron chi connectivity index (χ2n) is 6.14. The summed E-state index contributed by atoms with van der Waals surface area (Å²) in [4.78, 5) is 11.6. The fourth-order valence-electron chi connectivity index (χ4n) is 3.25. The molecule has 1 saturated heterocycles. The number of rotatable bonds is 2. The molecule has 2 N–H and O–H groups in total. The number of piperidine rings is 1. The molecule has 3 heterocycles. The van der Waals surface area contributed by atoms with E-state index in [9.17, 15) is 0 Å². The van der Waals surface area contributed by atoms with Crippen LogP contribution in [0.1, 0.15) is 24.4 Å². The van der Waals surface area contributed by atoms with E-state index in [1.807, 2.05) is 24.5 Å². The molecule has 2 atom stereocenters. The molecule has 1 unspecified atom stereocenters. The van der Waals surface area contributed by atoms with Crippen LogP contribution < -0.4 is 10.6 Å². The minimum atomic E-state index is 0.126. The molecule has 6 heteroatoms. The van der Waals surface area contributed by atoms with Crippen molar-refractivity contribution in [1.82, 2.24) is 15.5 Å². The highest BCUT2D eigenvalue weighted by atomic mass is 35.5. The highest BCUT2D eigenvalue weighted by molar-refractivity contribution is 6.41. The third kappa shape index (κ3) is 3.12. The Bertz CT molecular complexity index is 658.